The second kappa shape index (κ2) is 7.99. The molecule has 0 unspecified atom stereocenters. The molecule has 3 rings (SSSR count). The van der Waals surface area contributed by atoms with Crippen molar-refractivity contribution in [2.45, 2.75) is 51.0 Å². The number of nitrogens with one attached hydrogen (secondary N) is 1. The molecular formula is C20H24N2O3S. The van der Waals surface area contributed by atoms with Crippen molar-refractivity contribution < 1.29 is 14.3 Å². The molecule has 2 aromatic heterocycles. The lowest BCUT2D eigenvalue weighted by molar-refractivity contribution is -0.148. The van der Waals surface area contributed by atoms with Crippen LogP contribution in [0.3, 0.4) is 0 Å². The minimum absolute atomic E-state index is 0.264. The number of rotatable bonds is 4. The molecule has 0 aromatic carbocycles. The van der Waals surface area contributed by atoms with E-state index < -0.39 is 5.54 Å². The second-order valence-corrected chi connectivity index (χ2v) is 7.70. The third-order valence-electron chi connectivity index (χ3n) is 4.99. The molecule has 0 radical (unpaired) electrons. The van der Waals surface area contributed by atoms with Crippen LogP contribution in [0.25, 0.3) is 10.6 Å². The van der Waals surface area contributed by atoms with Crippen LogP contribution in [0.1, 0.15) is 54.6 Å². The van der Waals surface area contributed by atoms with E-state index in [1.807, 2.05) is 30.5 Å². The molecule has 138 valence electrons. The van der Waals surface area contributed by atoms with Gasteiger partial charge in [-0.3, -0.25) is 9.78 Å². The van der Waals surface area contributed by atoms with Crippen LogP contribution in [-0.4, -0.2) is 29.5 Å². The van der Waals surface area contributed by atoms with Gasteiger partial charge in [0.25, 0.3) is 5.91 Å². The third kappa shape index (κ3) is 3.80. The minimum atomic E-state index is -0.929. The smallest absolute Gasteiger partial charge is 0.331 e. The molecule has 0 bridgehead atoms. The zero-order chi connectivity index (χ0) is 18.6. The quantitative estimate of drug-likeness (QED) is 0.648. The van der Waals surface area contributed by atoms with Gasteiger partial charge in [0.05, 0.1) is 28.9 Å². The summed E-state index contributed by atoms with van der Waals surface area (Å²) in [6, 6.07) is 7.62. The number of hydrogen-bond acceptors (Lipinski definition) is 5. The number of methoxy groups -OCH3 is 1. The number of esters is 1. The number of amides is 1. The topological polar surface area (TPSA) is 68.3 Å². The number of thiophene rings is 1. The van der Waals surface area contributed by atoms with Crippen molar-refractivity contribution in [2.24, 2.45) is 0 Å². The molecule has 2 heterocycles. The number of pyridine rings is 1. The molecule has 26 heavy (non-hydrogen) atoms. The zero-order valence-corrected chi connectivity index (χ0v) is 16.0. The largest absolute Gasteiger partial charge is 0.467 e. The lowest BCUT2D eigenvalue weighted by Crippen LogP contribution is -2.55. The molecule has 0 spiro atoms. The standard InChI is InChI=1S/C20H24N2O3S/c1-14-15(9-10-16(21-14)17-8-7-13-26-17)18(23)22-20(19(24)25-2)11-5-3-4-6-12-20/h7-10,13H,3-6,11-12H2,1-2H3,(H,22,23). The van der Waals surface area contributed by atoms with Gasteiger partial charge in [0.2, 0.25) is 0 Å². The normalized spacial score (nSPS) is 16.5. The Labute approximate surface area is 157 Å². The Bertz CT molecular complexity index is 778. The van der Waals surface area contributed by atoms with Crippen molar-refractivity contribution in [1.29, 1.82) is 0 Å². The van der Waals surface area contributed by atoms with E-state index in [2.05, 4.69) is 10.3 Å². The average molecular weight is 372 g/mol. The van der Waals surface area contributed by atoms with Gasteiger partial charge in [-0.2, -0.15) is 0 Å². The molecule has 5 nitrogen and oxygen atoms in total. The number of aromatic nitrogens is 1. The molecule has 1 aliphatic carbocycles. The molecule has 1 aliphatic rings. The lowest BCUT2D eigenvalue weighted by Gasteiger charge is -2.31. The summed E-state index contributed by atoms with van der Waals surface area (Å²) in [5.74, 6) is -0.617. The number of carbonyl (C=O) groups is 2. The molecule has 6 heteroatoms. The van der Waals surface area contributed by atoms with Gasteiger partial charge in [-0.15, -0.1) is 11.3 Å². The maximum atomic E-state index is 12.9. The van der Waals surface area contributed by atoms with E-state index >= 15 is 0 Å². The van der Waals surface area contributed by atoms with Crippen molar-refractivity contribution >= 4 is 23.2 Å². The fourth-order valence-electron chi connectivity index (χ4n) is 3.55. The molecule has 1 amide bonds. The van der Waals surface area contributed by atoms with Gasteiger partial charge in [-0.25, -0.2) is 4.79 Å². The molecule has 1 saturated carbocycles. The average Bonchev–Trinajstić information content (AvgIpc) is 3.08. The van der Waals surface area contributed by atoms with Gasteiger partial charge in [-0.05, 0) is 43.3 Å². The number of aryl methyl sites for hydroxylation is 1. The molecule has 2 aromatic rings. The summed E-state index contributed by atoms with van der Waals surface area (Å²) in [4.78, 5) is 31.0. The van der Waals surface area contributed by atoms with E-state index in [0.717, 1.165) is 36.3 Å². The summed E-state index contributed by atoms with van der Waals surface area (Å²) < 4.78 is 5.02. The molecular weight excluding hydrogens is 348 g/mol. The van der Waals surface area contributed by atoms with E-state index in [1.54, 1.807) is 17.4 Å². The minimum Gasteiger partial charge on any atom is -0.467 e. The highest BCUT2D eigenvalue weighted by Crippen LogP contribution is 2.29. The molecule has 1 fully saturated rings. The van der Waals surface area contributed by atoms with Crippen LogP contribution in [0, 0.1) is 6.92 Å². The second-order valence-electron chi connectivity index (χ2n) is 6.75. The Kier molecular flexibility index (Phi) is 5.71. The lowest BCUT2D eigenvalue weighted by atomic mass is 9.89. The monoisotopic (exact) mass is 372 g/mol. The fourth-order valence-corrected chi connectivity index (χ4v) is 4.25. The number of ether oxygens (including phenoxy) is 1. The van der Waals surface area contributed by atoms with Gasteiger partial charge in [0.15, 0.2) is 0 Å². The molecule has 0 atom stereocenters. The SMILES string of the molecule is COC(=O)C1(NC(=O)c2ccc(-c3cccs3)nc2C)CCCCCC1. The summed E-state index contributed by atoms with van der Waals surface area (Å²) in [7, 11) is 1.38. The number of hydrogen-bond donors (Lipinski definition) is 1. The Hall–Kier alpha value is -2.21. The van der Waals surface area contributed by atoms with Crippen molar-refractivity contribution in [3.63, 3.8) is 0 Å². The maximum absolute atomic E-state index is 12.9. The van der Waals surface area contributed by atoms with Crippen molar-refractivity contribution in [2.75, 3.05) is 7.11 Å². The van der Waals surface area contributed by atoms with Crippen LogP contribution in [0.5, 0.6) is 0 Å². The first-order valence-corrected chi connectivity index (χ1v) is 9.86. The van der Waals surface area contributed by atoms with E-state index in [-0.39, 0.29) is 11.9 Å². The summed E-state index contributed by atoms with van der Waals surface area (Å²) in [6.07, 6.45) is 5.19. The third-order valence-corrected chi connectivity index (χ3v) is 5.88. The van der Waals surface area contributed by atoms with Gasteiger partial charge in [-0.1, -0.05) is 31.7 Å². The number of carbonyl (C=O) groups excluding carboxylic acids is 2. The van der Waals surface area contributed by atoms with Crippen LogP contribution in [-0.2, 0) is 9.53 Å². The Balaban J connectivity index is 1.84. The Morgan fingerprint density at radius 2 is 1.88 bits per heavy atom. The van der Waals surface area contributed by atoms with Crippen LogP contribution in [0.4, 0.5) is 0 Å². The van der Waals surface area contributed by atoms with Crippen LogP contribution < -0.4 is 5.32 Å². The van der Waals surface area contributed by atoms with Crippen LogP contribution in [0.2, 0.25) is 0 Å². The van der Waals surface area contributed by atoms with Gasteiger partial charge in [0, 0.05) is 0 Å². The van der Waals surface area contributed by atoms with Gasteiger partial charge in [0.1, 0.15) is 5.54 Å². The summed E-state index contributed by atoms with van der Waals surface area (Å²) in [6.45, 7) is 1.82. The van der Waals surface area contributed by atoms with Crippen molar-refractivity contribution in [1.82, 2.24) is 10.3 Å². The van der Waals surface area contributed by atoms with Gasteiger partial charge < -0.3 is 10.1 Å². The van der Waals surface area contributed by atoms with Crippen molar-refractivity contribution in [3.8, 4) is 10.6 Å². The Morgan fingerprint density at radius 3 is 2.46 bits per heavy atom. The van der Waals surface area contributed by atoms with E-state index in [4.69, 9.17) is 4.74 Å². The van der Waals surface area contributed by atoms with Crippen LogP contribution in [0.15, 0.2) is 29.6 Å². The molecule has 1 N–H and O–H groups in total. The first-order chi connectivity index (χ1) is 12.6. The summed E-state index contributed by atoms with van der Waals surface area (Å²) in [5.41, 5.74) is 1.08. The van der Waals surface area contributed by atoms with Crippen LogP contribution >= 0.6 is 11.3 Å². The summed E-state index contributed by atoms with van der Waals surface area (Å²) >= 11 is 1.61. The fraction of sp³-hybridized carbons (Fsp3) is 0.450. The molecule has 0 aliphatic heterocycles. The molecule has 0 saturated heterocycles. The predicted molar refractivity (Wildman–Crippen MR) is 102 cm³/mol. The van der Waals surface area contributed by atoms with E-state index in [1.165, 1.54) is 7.11 Å². The first kappa shape index (κ1) is 18.6. The highest BCUT2D eigenvalue weighted by atomic mass is 32.1. The summed E-state index contributed by atoms with van der Waals surface area (Å²) in [5, 5.41) is 4.98. The van der Waals surface area contributed by atoms with E-state index in [0.29, 0.717) is 24.1 Å². The highest BCUT2D eigenvalue weighted by Gasteiger charge is 2.41. The Morgan fingerprint density at radius 1 is 1.15 bits per heavy atom. The van der Waals surface area contributed by atoms with Crippen molar-refractivity contribution in [3.05, 3.63) is 40.9 Å². The van der Waals surface area contributed by atoms with Gasteiger partial charge >= 0.3 is 5.97 Å². The first-order valence-electron chi connectivity index (χ1n) is 8.98. The zero-order valence-electron chi connectivity index (χ0n) is 15.2. The predicted octanol–water partition coefficient (Wildman–Crippen LogP) is 4.11. The number of nitrogens with zero attached hydrogens (tertiary/aromatic N) is 1. The van der Waals surface area contributed by atoms with E-state index in [9.17, 15) is 9.59 Å². The highest BCUT2D eigenvalue weighted by molar-refractivity contribution is 7.13. The maximum Gasteiger partial charge on any atom is 0.331 e.